The van der Waals surface area contributed by atoms with Crippen LogP contribution in [0, 0.1) is 5.41 Å². The minimum Gasteiger partial charge on any atom is -0.468 e. The molecule has 0 aliphatic heterocycles. The van der Waals surface area contributed by atoms with Crippen molar-refractivity contribution in [2.24, 2.45) is 5.41 Å². The van der Waals surface area contributed by atoms with Crippen molar-refractivity contribution in [2.75, 3.05) is 20.0 Å². The highest BCUT2D eigenvalue weighted by Crippen LogP contribution is 2.47. The molecule has 0 aromatic carbocycles. The van der Waals surface area contributed by atoms with E-state index in [0.29, 0.717) is 11.2 Å². The molecule has 1 saturated carbocycles. The summed E-state index contributed by atoms with van der Waals surface area (Å²) in [5.74, 6) is -1.43. The molecule has 3 rings (SSSR count). The Bertz CT molecular complexity index is 788. The molecule has 10 heteroatoms. The second-order valence-corrected chi connectivity index (χ2v) is 5.65. The molecule has 0 radical (unpaired) electrons. The lowest BCUT2D eigenvalue weighted by molar-refractivity contribution is -0.175. The normalized spacial score (nSPS) is 22.5. The Morgan fingerprint density at radius 3 is 2.58 bits per heavy atom. The van der Waals surface area contributed by atoms with E-state index < -0.39 is 29.5 Å². The van der Waals surface area contributed by atoms with Crippen molar-refractivity contribution in [3.05, 3.63) is 12.7 Å². The van der Waals surface area contributed by atoms with E-state index in [1.54, 1.807) is 4.57 Å². The number of aliphatic hydroxyl groups is 1. The van der Waals surface area contributed by atoms with E-state index in [9.17, 15) is 14.7 Å². The molecule has 0 amide bonds. The molecule has 1 aliphatic rings. The number of anilines is 1. The number of hydrogen-bond donors (Lipinski definition) is 2. The number of methoxy groups -OCH3 is 2. The molecule has 2 aromatic heterocycles. The third-order valence-electron chi connectivity index (χ3n) is 4.50. The molecular weight excluding hydrogens is 318 g/mol. The predicted octanol–water partition coefficient (Wildman–Crippen LogP) is -0.563. The van der Waals surface area contributed by atoms with Gasteiger partial charge in [0.05, 0.1) is 26.7 Å². The van der Waals surface area contributed by atoms with E-state index in [0.717, 1.165) is 14.2 Å². The van der Waals surface area contributed by atoms with Gasteiger partial charge in [0.25, 0.3) is 0 Å². The fourth-order valence-corrected chi connectivity index (χ4v) is 3.29. The molecule has 2 heterocycles. The summed E-state index contributed by atoms with van der Waals surface area (Å²) in [6.45, 7) is 0. The summed E-state index contributed by atoms with van der Waals surface area (Å²) in [6, 6.07) is -0.405. The molecule has 0 unspecified atom stereocenters. The zero-order valence-corrected chi connectivity index (χ0v) is 13.2. The third-order valence-corrected chi connectivity index (χ3v) is 4.50. The summed E-state index contributed by atoms with van der Waals surface area (Å²) in [4.78, 5) is 36.6. The number of aliphatic hydroxyl groups excluding tert-OH is 1. The molecular formula is C14H17N5O5. The third kappa shape index (κ3) is 2.10. The number of carbonyl (C=O) groups is 2. The predicted molar refractivity (Wildman–Crippen MR) is 80.5 cm³/mol. The van der Waals surface area contributed by atoms with Gasteiger partial charge < -0.3 is 24.9 Å². The second kappa shape index (κ2) is 5.71. The first-order valence-corrected chi connectivity index (χ1v) is 7.23. The Morgan fingerprint density at radius 2 is 1.96 bits per heavy atom. The first-order chi connectivity index (χ1) is 11.5. The van der Waals surface area contributed by atoms with Gasteiger partial charge in [-0.1, -0.05) is 0 Å². The van der Waals surface area contributed by atoms with Crippen molar-refractivity contribution >= 4 is 28.9 Å². The highest BCUT2D eigenvalue weighted by Gasteiger charge is 2.60. The largest absolute Gasteiger partial charge is 0.468 e. The molecule has 3 N–H and O–H groups in total. The monoisotopic (exact) mass is 335 g/mol. The Balaban J connectivity index is 2.04. The van der Waals surface area contributed by atoms with E-state index in [2.05, 4.69) is 15.0 Å². The summed E-state index contributed by atoms with van der Waals surface area (Å²) in [7, 11) is 2.32. The lowest BCUT2D eigenvalue weighted by atomic mass is 9.84. The van der Waals surface area contributed by atoms with Crippen molar-refractivity contribution < 1.29 is 24.2 Å². The maximum absolute atomic E-state index is 12.2. The van der Waals surface area contributed by atoms with Gasteiger partial charge in [0.1, 0.15) is 11.8 Å². The second-order valence-electron chi connectivity index (χ2n) is 5.65. The topological polar surface area (TPSA) is 142 Å². The van der Waals surface area contributed by atoms with E-state index in [1.165, 1.54) is 12.7 Å². The SMILES string of the molecule is COC(=O)C1(C(=O)OC)C[C@@H](n2cnc3c(N)ncnc32)C[C@H]1O. The van der Waals surface area contributed by atoms with Gasteiger partial charge in [-0.25, -0.2) is 15.0 Å². The van der Waals surface area contributed by atoms with Crippen LogP contribution in [0.1, 0.15) is 18.9 Å². The van der Waals surface area contributed by atoms with Gasteiger partial charge in [-0.3, -0.25) is 9.59 Å². The van der Waals surface area contributed by atoms with Crippen LogP contribution in [-0.4, -0.2) is 56.9 Å². The quantitative estimate of drug-likeness (QED) is 0.557. The number of fused-ring (bicyclic) bond motifs is 1. The van der Waals surface area contributed by atoms with Gasteiger partial charge in [-0.2, -0.15) is 0 Å². The smallest absolute Gasteiger partial charge is 0.326 e. The first kappa shape index (κ1) is 16.1. The molecule has 0 saturated heterocycles. The van der Waals surface area contributed by atoms with Gasteiger partial charge >= 0.3 is 11.9 Å². The van der Waals surface area contributed by atoms with E-state index in [1.807, 2.05) is 0 Å². The van der Waals surface area contributed by atoms with Crippen LogP contribution in [-0.2, 0) is 19.1 Å². The standard InChI is InChI=1S/C14H17N5O5/c1-23-12(21)14(13(22)24-2)4-7(3-8(14)20)19-6-18-9-10(15)16-5-17-11(9)19/h5-8,20H,3-4H2,1-2H3,(H2,15,16,17)/t7-,8+/m0/s1. The zero-order chi connectivity index (χ0) is 17.5. The van der Waals surface area contributed by atoms with Gasteiger partial charge in [0.2, 0.25) is 0 Å². The number of nitrogens with zero attached hydrogens (tertiary/aromatic N) is 4. The number of aromatic nitrogens is 4. The Morgan fingerprint density at radius 1 is 1.29 bits per heavy atom. The van der Waals surface area contributed by atoms with E-state index >= 15 is 0 Å². The number of hydrogen-bond acceptors (Lipinski definition) is 9. The minimum atomic E-state index is -1.77. The number of carbonyl (C=O) groups excluding carboxylic acids is 2. The van der Waals surface area contributed by atoms with Gasteiger partial charge in [0, 0.05) is 6.04 Å². The highest BCUT2D eigenvalue weighted by atomic mass is 16.5. The molecule has 2 aromatic rings. The molecule has 24 heavy (non-hydrogen) atoms. The van der Waals surface area contributed by atoms with Crippen LogP contribution in [0.3, 0.4) is 0 Å². The van der Waals surface area contributed by atoms with Gasteiger partial charge in [-0.15, -0.1) is 0 Å². The summed E-state index contributed by atoms with van der Waals surface area (Å²) >= 11 is 0. The molecule has 1 fully saturated rings. The van der Waals surface area contributed by atoms with Crippen molar-refractivity contribution in [2.45, 2.75) is 25.0 Å². The van der Waals surface area contributed by atoms with Crippen molar-refractivity contribution in [1.82, 2.24) is 19.5 Å². The van der Waals surface area contributed by atoms with Crippen LogP contribution in [0.2, 0.25) is 0 Å². The minimum absolute atomic E-state index is 0.00286. The van der Waals surface area contributed by atoms with Gasteiger partial charge in [-0.05, 0) is 12.8 Å². The lowest BCUT2D eigenvalue weighted by Gasteiger charge is -2.26. The summed E-state index contributed by atoms with van der Waals surface area (Å²) in [5.41, 5.74) is 4.87. The maximum atomic E-state index is 12.2. The van der Waals surface area contributed by atoms with Crippen LogP contribution in [0.15, 0.2) is 12.7 Å². The van der Waals surface area contributed by atoms with E-state index in [4.69, 9.17) is 15.2 Å². The van der Waals surface area contributed by atoms with Crippen LogP contribution in [0.4, 0.5) is 5.82 Å². The number of esters is 2. The Hall–Kier alpha value is -2.75. The Kier molecular flexibility index (Phi) is 3.84. The molecule has 0 bridgehead atoms. The highest BCUT2D eigenvalue weighted by molar-refractivity contribution is 6.01. The molecule has 10 nitrogen and oxygen atoms in total. The van der Waals surface area contributed by atoms with Crippen LogP contribution in [0.5, 0.6) is 0 Å². The number of nitrogens with two attached hydrogens (primary N) is 1. The zero-order valence-electron chi connectivity index (χ0n) is 13.2. The van der Waals surface area contributed by atoms with Crippen LogP contribution >= 0.6 is 0 Å². The summed E-state index contributed by atoms with van der Waals surface area (Å²) < 4.78 is 11.1. The number of imidazole rings is 1. The molecule has 128 valence electrons. The molecule has 2 atom stereocenters. The first-order valence-electron chi connectivity index (χ1n) is 7.23. The fraction of sp³-hybridized carbons (Fsp3) is 0.500. The molecule has 1 aliphatic carbocycles. The number of nitrogen functional groups attached to an aromatic ring is 1. The summed E-state index contributed by atoms with van der Waals surface area (Å²) in [5, 5.41) is 10.4. The average Bonchev–Trinajstić information content (AvgIpc) is 3.16. The average molecular weight is 335 g/mol. The van der Waals surface area contributed by atoms with Crippen molar-refractivity contribution in [3.8, 4) is 0 Å². The van der Waals surface area contributed by atoms with Crippen molar-refractivity contribution in [1.29, 1.82) is 0 Å². The van der Waals surface area contributed by atoms with Crippen molar-refractivity contribution in [3.63, 3.8) is 0 Å². The van der Waals surface area contributed by atoms with Gasteiger partial charge in [0.15, 0.2) is 16.9 Å². The fourth-order valence-electron chi connectivity index (χ4n) is 3.29. The number of ether oxygens (including phenoxy) is 2. The lowest BCUT2D eigenvalue weighted by Crippen LogP contribution is -2.47. The maximum Gasteiger partial charge on any atom is 0.326 e. The van der Waals surface area contributed by atoms with Crippen LogP contribution in [0.25, 0.3) is 11.2 Å². The van der Waals surface area contributed by atoms with Crippen LogP contribution < -0.4 is 5.73 Å². The number of rotatable bonds is 3. The molecule has 0 spiro atoms. The Labute approximate surface area is 136 Å². The summed E-state index contributed by atoms with van der Waals surface area (Å²) in [6.07, 6.45) is 1.69. The van der Waals surface area contributed by atoms with E-state index in [-0.39, 0.29) is 18.7 Å².